The first-order chi connectivity index (χ1) is 7.71. The van der Waals surface area contributed by atoms with E-state index < -0.39 is 0 Å². The first-order valence-corrected chi connectivity index (χ1v) is 6.12. The lowest BCUT2D eigenvalue weighted by Crippen LogP contribution is -2.62. The van der Waals surface area contributed by atoms with Crippen molar-refractivity contribution in [3.8, 4) is 5.75 Å². The molecule has 1 aromatic heterocycles. The van der Waals surface area contributed by atoms with E-state index >= 15 is 0 Å². The summed E-state index contributed by atoms with van der Waals surface area (Å²) in [6, 6.07) is 0.344. The Labute approximate surface area is 95.8 Å². The van der Waals surface area contributed by atoms with E-state index in [1.165, 1.54) is 25.7 Å². The number of aromatic nitrogens is 2. The van der Waals surface area contributed by atoms with Gasteiger partial charge in [0.15, 0.2) is 5.75 Å². The summed E-state index contributed by atoms with van der Waals surface area (Å²) >= 11 is 0. The zero-order valence-electron chi connectivity index (χ0n) is 9.72. The second-order valence-electron chi connectivity index (χ2n) is 5.24. The Morgan fingerprint density at radius 2 is 2.25 bits per heavy atom. The van der Waals surface area contributed by atoms with Gasteiger partial charge in [-0.15, -0.1) is 0 Å². The molecule has 0 aromatic carbocycles. The first kappa shape index (κ1) is 10.1. The maximum absolute atomic E-state index is 6.17. The predicted octanol–water partition coefficient (Wildman–Crippen LogP) is 1.46. The Morgan fingerprint density at radius 1 is 1.50 bits per heavy atom. The Morgan fingerprint density at radius 3 is 2.81 bits per heavy atom. The van der Waals surface area contributed by atoms with Gasteiger partial charge in [-0.2, -0.15) is 5.10 Å². The number of aryl methyl sites for hydroxylation is 1. The second kappa shape index (κ2) is 3.48. The summed E-state index contributed by atoms with van der Waals surface area (Å²) in [4.78, 5) is 0. The minimum atomic E-state index is 0.274. The number of nitrogens with two attached hydrogens (primary N) is 1. The minimum absolute atomic E-state index is 0.274. The van der Waals surface area contributed by atoms with Gasteiger partial charge in [0, 0.05) is 24.9 Å². The van der Waals surface area contributed by atoms with E-state index in [1.54, 1.807) is 10.9 Å². The molecule has 2 aliphatic rings. The number of hydrogen-bond donors (Lipinski definition) is 1. The molecule has 0 amide bonds. The van der Waals surface area contributed by atoms with Crippen molar-refractivity contribution in [1.82, 2.24) is 9.78 Å². The van der Waals surface area contributed by atoms with Crippen LogP contribution in [-0.2, 0) is 7.05 Å². The van der Waals surface area contributed by atoms with Crippen LogP contribution >= 0.6 is 0 Å². The second-order valence-corrected chi connectivity index (χ2v) is 5.24. The molecule has 1 spiro atoms. The molecule has 2 aliphatic carbocycles. The van der Waals surface area contributed by atoms with Crippen molar-refractivity contribution in [3.05, 3.63) is 12.4 Å². The zero-order chi connectivity index (χ0) is 11.2. The van der Waals surface area contributed by atoms with Gasteiger partial charge in [0.2, 0.25) is 0 Å². The summed E-state index contributed by atoms with van der Waals surface area (Å²) < 4.78 is 7.79. The highest BCUT2D eigenvalue weighted by atomic mass is 16.5. The SMILES string of the molecule is Cn1cc(OC2CC(N)C23CCCC3)cn1. The zero-order valence-corrected chi connectivity index (χ0v) is 9.72. The fourth-order valence-corrected chi connectivity index (χ4v) is 3.29. The van der Waals surface area contributed by atoms with Crippen molar-refractivity contribution in [2.75, 3.05) is 0 Å². The molecule has 1 heterocycles. The normalized spacial score (nSPS) is 31.6. The monoisotopic (exact) mass is 221 g/mol. The van der Waals surface area contributed by atoms with E-state index in [1.807, 2.05) is 13.2 Å². The van der Waals surface area contributed by atoms with Gasteiger partial charge in [0.1, 0.15) is 6.10 Å². The van der Waals surface area contributed by atoms with Crippen molar-refractivity contribution >= 4 is 0 Å². The standard InChI is InChI=1S/C12H19N3O/c1-15-8-9(7-14-15)16-11-6-10(13)12(11)4-2-3-5-12/h7-8,10-11H,2-6,13H2,1H3. The van der Waals surface area contributed by atoms with E-state index in [0.717, 1.165) is 12.2 Å². The summed E-state index contributed by atoms with van der Waals surface area (Å²) in [5.74, 6) is 0.880. The lowest BCUT2D eigenvalue weighted by Gasteiger charge is -2.51. The van der Waals surface area contributed by atoms with Crippen LogP contribution in [0.1, 0.15) is 32.1 Å². The third kappa shape index (κ3) is 1.36. The molecule has 3 rings (SSSR count). The highest BCUT2D eigenvalue weighted by molar-refractivity contribution is 5.17. The van der Waals surface area contributed by atoms with Gasteiger partial charge in [-0.1, -0.05) is 12.8 Å². The molecule has 2 saturated carbocycles. The summed E-state index contributed by atoms with van der Waals surface area (Å²) in [6.07, 6.45) is 10.1. The van der Waals surface area contributed by atoms with Crippen LogP contribution in [0.3, 0.4) is 0 Å². The van der Waals surface area contributed by atoms with Gasteiger partial charge in [0.25, 0.3) is 0 Å². The molecule has 0 bridgehead atoms. The lowest BCUT2D eigenvalue weighted by molar-refractivity contribution is -0.0620. The van der Waals surface area contributed by atoms with Crippen LogP contribution in [-0.4, -0.2) is 21.9 Å². The molecule has 0 radical (unpaired) electrons. The molecule has 4 heteroatoms. The lowest BCUT2D eigenvalue weighted by atomic mass is 9.61. The van der Waals surface area contributed by atoms with Crippen LogP contribution < -0.4 is 10.5 Å². The van der Waals surface area contributed by atoms with Crippen LogP contribution in [0.15, 0.2) is 12.4 Å². The topological polar surface area (TPSA) is 53.1 Å². The van der Waals surface area contributed by atoms with Gasteiger partial charge in [-0.3, -0.25) is 4.68 Å². The van der Waals surface area contributed by atoms with Gasteiger partial charge in [-0.05, 0) is 12.8 Å². The van der Waals surface area contributed by atoms with Gasteiger partial charge in [0.05, 0.1) is 12.4 Å². The maximum atomic E-state index is 6.17. The third-order valence-corrected chi connectivity index (χ3v) is 4.34. The average molecular weight is 221 g/mol. The van der Waals surface area contributed by atoms with E-state index in [4.69, 9.17) is 10.5 Å². The fraction of sp³-hybridized carbons (Fsp3) is 0.750. The van der Waals surface area contributed by atoms with E-state index in [0.29, 0.717) is 12.1 Å². The van der Waals surface area contributed by atoms with E-state index in [-0.39, 0.29) is 5.41 Å². The summed E-state index contributed by atoms with van der Waals surface area (Å²) in [6.45, 7) is 0. The van der Waals surface area contributed by atoms with Crippen molar-refractivity contribution in [3.63, 3.8) is 0 Å². The average Bonchev–Trinajstić information content (AvgIpc) is 2.87. The quantitative estimate of drug-likeness (QED) is 0.822. The van der Waals surface area contributed by atoms with Crippen LogP contribution in [0.5, 0.6) is 5.75 Å². The number of ether oxygens (including phenoxy) is 1. The van der Waals surface area contributed by atoms with Crippen molar-refractivity contribution in [2.45, 2.75) is 44.2 Å². The Bertz CT molecular complexity index is 381. The van der Waals surface area contributed by atoms with Gasteiger partial charge >= 0.3 is 0 Å². The van der Waals surface area contributed by atoms with Crippen LogP contribution in [0.2, 0.25) is 0 Å². The maximum Gasteiger partial charge on any atom is 0.157 e. The minimum Gasteiger partial charge on any atom is -0.486 e. The molecular weight excluding hydrogens is 202 g/mol. The molecule has 0 aliphatic heterocycles. The highest BCUT2D eigenvalue weighted by Gasteiger charge is 2.56. The van der Waals surface area contributed by atoms with Crippen LogP contribution in [0.4, 0.5) is 0 Å². The number of nitrogens with zero attached hydrogens (tertiary/aromatic N) is 2. The smallest absolute Gasteiger partial charge is 0.157 e. The van der Waals surface area contributed by atoms with Crippen molar-refractivity contribution < 1.29 is 4.74 Å². The summed E-state index contributed by atoms with van der Waals surface area (Å²) in [5, 5.41) is 4.12. The molecule has 16 heavy (non-hydrogen) atoms. The molecule has 2 N–H and O–H groups in total. The van der Waals surface area contributed by atoms with E-state index in [2.05, 4.69) is 5.10 Å². The first-order valence-electron chi connectivity index (χ1n) is 6.12. The molecule has 4 nitrogen and oxygen atoms in total. The molecule has 0 saturated heterocycles. The predicted molar refractivity (Wildman–Crippen MR) is 61.1 cm³/mol. The highest BCUT2D eigenvalue weighted by Crippen LogP contribution is 2.53. The van der Waals surface area contributed by atoms with Gasteiger partial charge in [-0.25, -0.2) is 0 Å². The Balaban J connectivity index is 1.72. The third-order valence-electron chi connectivity index (χ3n) is 4.34. The molecule has 88 valence electrons. The number of hydrogen-bond acceptors (Lipinski definition) is 3. The molecule has 2 atom stereocenters. The summed E-state index contributed by atoms with van der Waals surface area (Å²) in [7, 11) is 1.91. The summed E-state index contributed by atoms with van der Waals surface area (Å²) in [5.41, 5.74) is 6.44. The van der Waals surface area contributed by atoms with E-state index in [9.17, 15) is 0 Å². The van der Waals surface area contributed by atoms with Crippen molar-refractivity contribution in [1.29, 1.82) is 0 Å². The van der Waals surface area contributed by atoms with Crippen LogP contribution in [0.25, 0.3) is 0 Å². The molecule has 2 unspecified atom stereocenters. The molecular formula is C12H19N3O. The fourth-order valence-electron chi connectivity index (χ4n) is 3.29. The number of rotatable bonds is 2. The molecule has 1 aromatic rings. The van der Waals surface area contributed by atoms with Crippen molar-refractivity contribution in [2.24, 2.45) is 18.2 Å². The largest absolute Gasteiger partial charge is 0.486 e. The Kier molecular flexibility index (Phi) is 2.21. The Hall–Kier alpha value is -1.03. The van der Waals surface area contributed by atoms with Gasteiger partial charge < -0.3 is 10.5 Å². The van der Waals surface area contributed by atoms with Crippen LogP contribution in [0, 0.1) is 5.41 Å². The molecule has 2 fully saturated rings.